The molecule has 1 amide bonds. The van der Waals surface area contributed by atoms with Crippen molar-refractivity contribution in [2.45, 2.75) is 0 Å². The first-order valence-corrected chi connectivity index (χ1v) is 7.03. The zero-order chi connectivity index (χ0) is 16.8. The Hall–Kier alpha value is -2.73. The monoisotopic (exact) mass is 334 g/mol. The third-order valence-electron chi connectivity index (χ3n) is 2.88. The molecule has 0 atom stereocenters. The maximum absolute atomic E-state index is 11.9. The smallest absolute Gasteiger partial charge is 0.341 e. The summed E-state index contributed by atoms with van der Waals surface area (Å²) < 4.78 is 10.0. The molecule has 0 aliphatic rings. The van der Waals surface area contributed by atoms with Gasteiger partial charge in [0.25, 0.3) is 5.91 Å². The molecule has 0 aliphatic carbocycles. The average molecular weight is 335 g/mol. The third-order valence-corrected chi connectivity index (χ3v) is 3.11. The number of halogens is 1. The van der Waals surface area contributed by atoms with Gasteiger partial charge in [-0.15, -0.1) is 0 Å². The van der Waals surface area contributed by atoms with E-state index in [4.69, 9.17) is 22.1 Å². The molecule has 0 unspecified atom stereocenters. The number of hydrogen-bond donors (Lipinski definition) is 2. The topological polar surface area (TPSA) is 90.6 Å². The summed E-state index contributed by atoms with van der Waals surface area (Å²) in [6.45, 7) is -0.277. The lowest BCUT2D eigenvalue weighted by Gasteiger charge is -2.11. The molecular weight excluding hydrogens is 320 g/mol. The number of nitrogens with one attached hydrogen (secondary N) is 1. The van der Waals surface area contributed by atoms with Crippen LogP contribution >= 0.6 is 11.6 Å². The molecule has 0 radical (unpaired) electrons. The molecule has 0 aliphatic heterocycles. The summed E-state index contributed by atoms with van der Waals surface area (Å²) in [7, 11) is 1.25. The van der Waals surface area contributed by atoms with Crippen molar-refractivity contribution >= 4 is 34.9 Å². The van der Waals surface area contributed by atoms with Crippen LogP contribution in [0.2, 0.25) is 5.02 Å². The van der Waals surface area contributed by atoms with E-state index < -0.39 is 5.97 Å². The van der Waals surface area contributed by atoms with Crippen molar-refractivity contribution < 1.29 is 19.1 Å². The minimum atomic E-state index is -0.598. The molecule has 23 heavy (non-hydrogen) atoms. The molecule has 0 aromatic heterocycles. The van der Waals surface area contributed by atoms with Crippen LogP contribution in [0.25, 0.3) is 0 Å². The molecule has 0 fully saturated rings. The number of nitrogens with two attached hydrogens (primary N) is 1. The van der Waals surface area contributed by atoms with Crippen molar-refractivity contribution in [3.05, 3.63) is 53.1 Å². The third kappa shape index (κ3) is 4.62. The Labute approximate surface area is 138 Å². The van der Waals surface area contributed by atoms with Crippen molar-refractivity contribution in [2.75, 3.05) is 24.8 Å². The largest absolute Gasteiger partial charge is 0.483 e. The lowest BCUT2D eigenvalue weighted by Crippen LogP contribution is -2.21. The van der Waals surface area contributed by atoms with Crippen LogP contribution in [0, 0.1) is 0 Å². The van der Waals surface area contributed by atoms with E-state index >= 15 is 0 Å². The SMILES string of the molecule is COC(=O)c1cc(Cl)ccc1OCC(=O)Nc1cccc(N)c1. The molecule has 2 aromatic rings. The standard InChI is InChI=1S/C16H15ClN2O4/c1-22-16(21)13-7-10(17)5-6-14(13)23-9-15(20)19-12-4-2-3-11(18)8-12/h2-8H,9,18H2,1H3,(H,19,20). The normalized spacial score (nSPS) is 10.0. The van der Waals surface area contributed by atoms with Gasteiger partial charge in [-0.05, 0) is 36.4 Å². The van der Waals surface area contributed by atoms with E-state index in [1.165, 1.54) is 19.2 Å². The summed E-state index contributed by atoms with van der Waals surface area (Å²) in [5.74, 6) is -0.774. The van der Waals surface area contributed by atoms with Crippen LogP contribution in [0.4, 0.5) is 11.4 Å². The number of amides is 1. The van der Waals surface area contributed by atoms with Crippen LogP contribution in [-0.2, 0) is 9.53 Å². The van der Waals surface area contributed by atoms with Gasteiger partial charge in [-0.25, -0.2) is 4.79 Å². The van der Waals surface area contributed by atoms with Crippen LogP contribution in [0.5, 0.6) is 5.75 Å². The van der Waals surface area contributed by atoms with E-state index in [0.29, 0.717) is 16.4 Å². The Morgan fingerprint density at radius 1 is 1.22 bits per heavy atom. The van der Waals surface area contributed by atoms with Crippen LogP contribution in [-0.4, -0.2) is 25.6 Å². The van der Waals surface area contributed by atoms with Crippen LogP contribution in [0.3, 0.4) is 0 Å². The van der Waals surface area contributed by atoms with Crippen LogP contribution in [0.1, 0.15) is 10.4 Å². The molecule has 7 heteroatoms. The number of nitrogen functional groups attached to an aromatic ring is 1. The molecule has 2 rings (SSSR count). The predicted molar refractivity (Wildman–Crippen MR) is 87.8 cm³/mol. The molecule has 120 valence electrons. The van der Waals surface area contributed by atoms with Gasteiger partial charge in [0.05, 0.1) is 7.11 Å². The van der Waals surface area contributed by atoms with E-state index in [0.717, 1.165) is 0 Å². The van der Waals surface area contributed by atoms with E-state index in [1.54, 1.807) is 30.3 Å². The van der Waals surface area contributed by atoms with Gasteiger partial charge < -0.3 is 20.5 Å². The van der Waals surface area contributed by atoms with E-state index in [9.17, 15) is 9.59 Å². The molecule has 0 heterocycles. The van der Waals surface area contributed by atoms with Gasteiger partial charge in [0, 0.05) is 16.4 Å². The number of esters is 1. The Balaban J connectivity index is 2.03. The Morgan fingerprint density at radius 2 is 2.00 bits per heavy atom. The average Bonchev–Trinajstić information content (AvgIpc) is 2.53. The van der Waals surface area contributed by atoms with Crippen molar-refractivity contribution in [1.82, 2.24) is 0 Å². The number of hydrogen-bond acceptors (Lipinski definition) is 5. The first-order chi connectivity index (χ1) is 11.0. The summed E-state index contributed by atoms with van der Waals surface area (Å²) in [6.07, 6.45) is 0. The van der Waals surface area contributed by atoms with Gasteiger partial charge in [0.1, 0.15) is 11.3 Å². The first kappa shape index (κ1) is 16.6. The summed E-state index contributed by atoms with van der Waals surface area (Å²) in [4.78, 5) is 23.6. The highest BCUT2D eigenvalue weighted by atomic mass is 35.5. The zero-order valence-corrected chi connectivity index (χ0v) is 13.1. The van der Waals surface area contributed by atoms with Crippen molar-refractivity contribution in [3.8, 4) is 5.75 Å². The fourth-order valence-electron chi connectivity index (χ4n) is 1.85. The number of carbonyl (C=O) groups is 2. The fraction of sp³-hybridized carbons (Fsp3) is 0.125. The van der Waals surface area contributed by atoms with Gasteiger partial charge in [-0.2, -0.15) is 0 Å². The highest BCUT2D eigenvalue weighted by Crippen LogP contribution is 2.23. The molecule has 0 saturated heterocycles. The minimum absolute atomic E-state index is 0.150. The van der Waals surface area contributed by atoms with Gasteiger partial charge in [0.15, 0.2) is 6.61 Å². The molecule has 6 nitrogen and oxygen atoms in total. The van der Waals surface area contributed by atoms with Crippen LogP contribution in [0.15, 0.2) is 42.5 Å². The summed E-state index contributed by atoms with van der Waals surface area (Å²) in [5.41, 5.74) is 6.88. The molecule has 0 spiro atoms. The maximum atomic E-state index is 11.9. The highest BCUT2D eigenvalue weighted by molar-refractivity contribution is 6.31. The predicted octanol–water partition coefficient (Wildman–Crippen LogP) is 2.73. The second kappa shape index (κ2) is 7.51. The Morgan fingerprint density at radius 3 is 2.70 bits per heavy atom. The van der Waals surface area contributed by atoms with E-state index in [1.807, 2.05) is 0 Å². The Kier molecular flexibility index (Phi) is 5.43. The van der Waals surface area contributed by atoms with E-state index in [-0.39, 0.29) is 23.8 Å². The number of rotatable bonds is 5. The van der Waals surface area contributed by atoms with Crippen LogP contribution < -0.4 is 15.8 Å². The van der Waals surface area contributed by atoms with Gasteiger partial charge in [-0.1, -0.05) is 17.7 Å². The highest BCUT2D eigenvalue weighted by Gasteiger charge is 2.15. The summed E-state index contributed by atoms with van der Waals surface area (Å²) in [6, 6.07) is 11.2. The number of methoxy groups -OCH3 is 1. The molecule has 2 aromatic carbocycles. The van der Waals surface area contributed by atoms with Gasteiger partial charge in [0.2, 0.25) is 0 Å². The summed E-state index contributed by atoms with van der Waals surface area (Å²) in [5, 5.41) is 3.00. The minimum Gasteiger partial charge on any atom is -0.483 e. The zero-order valence-electron chi connectivity index (χ0n) is 12.3. The molecule has 3 N–H and O–H groups in total. The lowest BCUT2D eigenvalue weighted by atomic mass is 10.2. The molecular formula is C16H15ClN2O4. The maximum Gasteiger partial charge on any atom is 0.341 e. The number of benzene rings is 2. The Bertz CT molecular complexity index is 734. The molecule has 0 saturated carbocycles. The van der Waals surface area contributed by atoms with E-state index in [2.05, 4.69) is 10.1 Å². The van der Waals surface area contributed by atoms with Crippen molar-refractivity contribution in [3.63, 3.8) is 0 Å². The fourth-order valence-corrected chi connectivity index (χ4v) is 2.03. The van der Waals surface area contributed by atoms with Crippen molar-refractivity contribution in [2.24, 2.45) is 0 Å². The van der Waals surface area contributed by atoms with Gasteiger partial charge >= 0.3 is 5.97 Å². The second-order valence-corrected chi connectivity index (χ2v) is 5.03. The van der Waals surface area contributed by atoms with Gasteiger partial charge in [-0.3, -0.25) is 4.79 Å². The quantitative estimate of drug-likeness (QED) is 0.648. The number of anilines is 2. The van der Waals surface area contributed by atoms with Crippen molar-refractivity contribution in [1.29, 1.82) is 0 Å². The first-order valence-electron chi connectivity index (χ1n) is 6.65. The molecule has 0 bridgehead atoms. The lowest BCUT2D eigenvalue weighted by molar-refractivity contribution is -0.118. The number of carbonyl (C=O) groups excluding carboxylic acids is 2. The second-order valence-electron chi connectivity index (χ2n) is 4.59. The number of ether oxygens (including phenoxy) is 2. The summed E-state index contributed by atoms with van der Waals surface area (Å²) >= 11 is 5.85.